The van der Waals surface area contributed by atoms with Gasteiger partial charge < -0.3 is 0 Å². The third-order valence-electron chi connectivity index (χ3n) is 1.90. The molecule has 0 aliphatic heterocycles. The molecule has 7 nitrogen and oxygen atoms in total. The quantitative estimate of drug-likeness (QED) is 0.735. The molecule has 0 aliphatic carbocycles. The second-order valence-corrected chi connectivity index (χ2v) is 7.48. The molecule has 0 radical (unpaired) electrons. The predicted molar refractivity (Wildman–Crippen MR) is 73.6 cm³/mol. The largest absolute Gasteiger partial charge is 0.299 e. The molecule has 0 saturated carbocycles. The minimum atomic E-state index is -3.93. The second-order valence-electron chi connectivity index (χ2n) is 4.06. The van der Waals surface area contributed by atoms with E-state index in [1.807, 2.05) is 0 Å². The van der Waals surface area contributed by atoms with Crippen LogP contribution in [0.25, 0.3) is 0 Å². The fourth-order valence-corrected chi connectivity index (χ4v) is 3.14. The van der Waals surface area contributed by atoms with Gasteiger partial charge in [0.15, 0.2) is 0 Å². The minimum Gasteiger partial charge on any atom is -0.270 e. The number of nitrogens with one attached hydrogen (secondary N) is 2. The smallest absolute Gasteiger partial charge is 0.270 e. The molecular weight excluding hydrogens is 314 g/mol. The molecule has 0 fully saturated rings. The van der Waals surface area contributed by atoms with Crippen LogP contribution in [0.3, 0.4) is 0 Å². The van der Waals surface area contributed by atoms with Gasteiger partial charge in [0, 0.05) is 6.04 Å². The Labute approximate surface area is 117 Å². The zero-order chi connectivity index (χ0) is 14.8. The topological polar surface area (TPSA) is 118 Å². The third-order valence-corrected chi connectivity index (χ3v) is 4.41. The van der Waals surface area contributed by atoms with Gasteiger partial charge in [-0.05, 0) is 32.0 Å². The SMILES string of the molecule is CC(C)NS(=O)(=O)Nc1cc(S(N)(=O)=O)ccc1Cl. The van der Waals surface area contributed by atoms with Crippen LogP contribution in [0.4, 0.5) is 5.69 Å². The monoisotopic (exact) mass is 327 g/mol. The summed E-state index contributed by atoms with van der Waals surface area (Å²) < 4.78 is 50.1. The van der Waals surface area contributed by atoms with Crippen molar-refractivity contribution < 1.29 is 16.8 Å². The van der Waals surface area contributed by atoms with Crippen molar-refractivity contribution in [1.82, 2.24) is 4.72 Å². The molecule has 10 heteroatoms. The van der Waals surface area contributed by atoms with E-state index in [1.54, 1.807) is 13.8 Å². The van der Waals surface area contributed by atoms with Gasteiger partial charge in [-0.1, -0.05) is 11.6 Å². The van der Waals surface area contributed by atoms with Crippen molar-refractivity contribution in [3.63, 3.8) is 0 Å². The molecule has 19 heavy (non-hydrogen) atoms. The van der Waals surface area contributed by atoms with Crippen LogP contribution in [-0.2, 0) is 20.2 Å². The second kappa shape index (κ2) is 5.63. The standard InChI is InChI=1S/C9H14ClN3O4S2/c1-6(2)12-19(16,17)13-9-5-7(18(11,14)15)3-4-8(9)10/h3-6,12-13H,1-2H3,(H2,11,14,15). The van der Waals surface area contributed by atoms with E-state index < -0.39 is 20.2 Å². The van der Waals surface area contributed by atoms with Crippen LogP contribution in [-0.4, -0.2) is 22.9 Å². The molecule has 1 rings (SSSR count). The highest BCUT2D eigenvalue weighted by atomic mass is 35.5. The van der Waals surface area contributed by atoms with E-state index in [9.17, 15) is 16.8 Å². The molecule has 0 aromatic heterocycles. The molecule has 0 bridgehead atoms. The van der Waals surface area contributed by atoms with Crippen LogP contribution >= 0.6 is 11.6 Å². The average Bonchev–Trinajstić information content (AvgIpc) is 2.17. The molecule has 0 amide bonds. The van der Waals surface area contributed by atoms with E-state index in [0.29, 0.717) is 0 Å². The van der Waals surface area contributed by atoms with Gasteiger partial charge in [0.2, 0.25) is 10.0 Å². The average molecular weight is 328 g/mol. The predicted octanol–water partition coefficient (Wildman–Crippen LogP) is 0.642. The molecule has 1 aromatic rings. The lowest BCUT2D eigenvalue weighted by atomic mass is 10.3. The number of halogens is 1. The first kappa shape index (κ1) is 16.2. The van der Waals surface area contributed by atoms with Crippen molar-refractivity contribution in [3.8, 4) is 0 Å². The van der Waals surface area contributed by atoms with E-state index in [-0.39, 0.29) is 21.6 Å². The van der Waals surface area contributed by atoms with E-state index in [2.05, 4.69) is 9.44 Å². The van der Waals surface area contributed by atoms with Gasteiger partial charge >= 0.3 is 0 Å². The molecule has 0 unspecified atom stereocenters. The maximum absolute atomic E-state index is 11.7. The number of primary sulfonamides is 1. The highest BCUT2D eigenvalue weighted by Gasteiger charge is 2.16. The zero-order valence-electron chi connectivity index (χ0n) is 10.2. The Bertz CT molecular complexity index is 671. The summed E-state index contributed by atoms with van der Waals surface area (Å²) in [5.41, 5.74) is -0.0682. The molecule has 108 valence electrons. The molecule has 0 saturated heterocycles. The summed E-state index contributed by atoms with van der Waals surface area (Å²) >= 11 is 5.80. The normalized spacial score (nSPS) is 12.7. The molecule has 0 heterocycles. The Hall–Kier alpha value is -0.870. The number of sulfonamides is 1. The highest BCUT2D eigenvalue weighted by molar-refractivity contribution is 7.90. The summed E-state index contributed by atoms with van der Waals surface area (Å²) in [4.78, 5) is -0.237. The number of nitrogens with two attached hydrogens (primary N) is 1. The van der Waals surface area contributed by atoms with E-state index in [4.69, 9.17) is 16.7 Å². The number of hydrogen-bond acceptors (Lipinski definition) is 4. The summed E-state index contributed by atoms with van der Waals surface area (Å²) in [5, 5.41) is 5.01. The maximum Gasteiger partial charge on any atom is 0.299 e. The fraction of sp³-hybridized carbons (Fsp3) is 0.333. The number of benzene rings is 1. The lowest BCUT2D eigenvalue weighted by Gasteiger charge is -2.13. The van der Waals surface area contributed by atoms with E-state index >= 15 is 0 Å². The van der Waals surface area contributed by atoms with Crippen LogP contribution in [0.1, 0.15) is 13.8 Å². The van der Waals surface area contributed by atoms with Crippen molar-refractivity contribution in [2.75, 3.05) is 4.72 Å². The van der Waals surface area contributed by atoms with Gasteiger partial charge in [-0.15, -0.1) is 0 Å². The van der Waals surface area contributed by atoms with Crippen molar-refractivity contribution in [3.05, 3.63) is 23.2 Å². The molecule has 0 atom stereocenters. The Kier molecular flexibility index (Phi) is 4.80. The van der Waals surface area contributed by atoms with Crippen molar-refractivity contribution in [2.24, 2.45) is 5.14 Å². The first-order valence-electron chi connectivity index (χ1n) is 5.14. The third kappa shape index (κ3) is 4.96. The number of anilines is 1. The van der Waals surface area contributed by atoms with E-state index in [0.717, 1.165) is 6.07 Å². The maximum atomic E-state index is 11.7. The van der Waals surface area contributed by atoms with Gasteiger partial charge in [0.05, 0.1) is 15.6 Å². The lowest BCUT2D eigenvalue weighted by Crippen LogP contribution is -2.35. The van der Waals surface area contributed by atoms with Crippen molar-refractivity contribution in [1.29, 1.82) is 0 Å². The molecule has 0 spiro atoms. The Morgan fingerprint density at radius 3 is 2.26 bits per heavy atom. The number of rotatable bonds is 5. The van der Waals surface area contributed by atoms with Crippen LogP contribution in [0.15, 0.2) is 23.1 Å². The van der Waals surface area contributed by atoms with Gasteiger partial charge in [0.1, 0.15) is 0 Å². The molecule has 4 N–H and O–H groups in total. The Morgan fingerprint density at radius 1 is 1.21 bits per heavy atom. The minimum absolute atomic E-state index is 0.0570. The van der Waals surface area contributed by atoms with Gasteiger partial charge in [0.25, 0.3) is 10.2 Å². The van der Waals surface area contributed by atoms with Gasteiger partial charge in [-0.2, -0.15) is 13.1 Å². The first-order chi connectivity index (χ1) is 8.51. The number of hydrogen-bond donors (Lipinski definition) is 3. The van der Waals surface area contributed by atoms with Crippen molar-refractivity contribution in [2.45, 2.75) is 24.8 Å². The van der Waals surface area contributed by atoms with Crippen LogP contribution in [0.2, 0.25) is 5.02 Å². The highest BCUT2D eigenvalue weighted by Crippen LogP contribution is 2.25. The van der Waals surface area contributed by atoms with Crippen LogP contribution < -0.4 is 14.6 Å². The van der Waals surface area contributed by atoms with Crippen LogP contribution in [0.5, 0.6) is 0 Å². The zero-order valence-corrected chi connectivity index (χ0v) is 12.6. The Balaban J connectivity index is 3.15. The molecule has 0 aliphatic rings. The van der Waals surface area contributed by atoms with Gasteiger partial charge in [-0.3, -0.25) is 4.72 Å². The van der Waals surface area contributed by atoms with Crippen molar-refractivity contribution >= 4 is 37.5 Å². The van der Waals surface area contributed by atoms with E-state index in [1.165, 1.54) is 12.1 Å². The molecule has 1 aromatic carbocycles. The summed E-state index contributed by atoms with van der Waals surface area (Å²) in [6, 6.07) is 3.16. The van der Waals surface area contributed by atoms with Crippen LogP contribution in [0, 0.1) is 0 Å². The summed E-state index contributed by atoms with van der Waals surface area (Å²) in [6.45, 7) is 3.28. The lowest BCUT2D eigenvalue weighted by molar-refractivity contribution is 0.575. The summed E-state index contributed by atoms with van der Waals surface area (Å²) in [7, 11) is -7.77. The Morgan fingerprint density at radius 2 is 1.79 bits per heavy atom. The summed E-state index contributed by atoms with van der Waals surface area (Å²) in [6.07, 6.45) is 0. The van der Waals surface area contributed by atoms with Gasteiger partial charge in [-0.25, -0.2) is 13.6 Å². The first-order valence-corrected chi connectivity index (χ1v) is 8.54. The fourth-order valence-electron chi connectivity index (χ4n) is 1.24. The molecular formula is C9H14ClN3O4S2. The summed E-state index contributed by atoms with van der Waals surface area (Å²) in [5.74, 6) is 0.